The molecule has 1 aliphatic heterocycles. The van der Waals surface area contributed by atoms with Gasteiger partial charge in [-0.2, -0.15) is 5.10 Å². The van der Waals surface area contributed by atoms with E-state index in [0.29, 0.717) is 41.9 Å². The summed E-state index contributed by atoms with van der Waals surface area (Å²) in [4.78, 5) is 34.6. The summed E-state index contributed by atoms with van der Waals surface area (Å²) in [7, 11) is 1.80. The molecule has 0 spiro atoms. The number of amides is 2. The molecule has 9 nitrogen and oxygen atoms in total. The van der Waals surface area contributed by atoms with Gasteiger partial charge < -0.3 is 20.3 Å². The molecule has 36 heavy (non-hydrogen) atoms. The minimum Gasteiger partial charge on any atom is -0.474 e. The summed E-state index contributed by atoms with van der Waals surface area (Å²) in [6.07, 6.45) is 10.4. The third kappa shape index (κ3) is 5.70. The summed E-state index contributed by atoms with van der Waals surface area (Å²) in [6.45, 7) is 4.03. The lowest BCUT2D eigenvalue weighted by molar-refractivity contribution is -0.118. The number of aryl methyl sites for hydroxylation is 2. The molecule has 1 saturated carbocycles. The van der Waals surface area contributed by atoms with E-state index in [9.17, 15) is 9.59 Å². The molecular formula is C26H32N6O3S. The van der Waals surface area contributed by atoms with Crippen LogP contribution >= 0.6 is 11.3 Å². The Bertz CT molecular complexity index is 1230. The van der Waals surface area contributed by atoms with Crippen molar-refractivity contribution < 1.29 is 14.3 Å². The maximum atomic E-state index is 13.2. The highest BCUT2D eigenvalue weighted by Gasteiger charge is 2.28. The summed E-state index contributed by atoms with van der Waals surface area (Å²) in [5, 5.41) is 10.0. The Hall–Kier alpha value is -3.40. The summed E-state index contributed by atoms with van der Waals surface area (Å²) in [5.74, 6) is 0.686. The third-order valence-corrected chi connectivity index (χ3v) is 7.85. The van der Waals surface area contributed by atoms with Gasteiger partial charge in [-0.3, -0.25) is 14.3 Å². The summed E-state index contributed by atoms with van der Waals surface area (Å²) in [6, 6.07) is 5.32. The highest BCUT2D eigenvalue weighted by Crippen LogP contribution is 2.32. The zero-order valence-corrected chi connectivity index (χ0v) is 21.5. The molecule has 3 aromatic rings. The molecule has 0 saturated heterocycles. The van der Waals surface area contributed by atoms with Crippen molar-refractivity contribution >= 4 is 34.5 Å². The lowest BCUT2D eigenvalue weighted by atomic mass is 9.97. The Morgan fingerprint density at radius 2 is 2.08 bits per heavy atom. The van der Waals surface area contributed by atoms with Crippen molar-refractivity contribution in [2.75, 3.05) is 23.4 Å². The fourth-order valence-corrected chi connectivity index (χ4v) is 5.87. The van der Waals surface area contributed by atoms with Gasteiger partial charge >= 0.3 is 0 Å². The zero-order valence-electron chi connectivity index (χ0n) is 20.7. The Morgan fingerprint density at radius 1 is 1.25 bits per heavy atom. The molecule has 3 aromatic heterocycles. The quantitative estimate of drug-likeness (QED) is 0.479. The van der Waals surface area contributed by atoms with Crippen LogP contribution in [0.4, 0.5) is 11.4 Å². The van der Waals surface area contributed by atoms with Gasteiger partial charge in [0.1, 0.15) is 18.3 Å². The fourth-order valence-electron chi connectivity index (χ4n) is 4.94. The number of thiophene rings is 1. The van der Waals surface area contributed by atoms with Crippen LogP contribution in [0.15, 0.2) is 36.8 Å². The molecule has 2 N–H and O–H groups in total. The van der Waals surface area contributed by atoms with E-state index < -0.39 is 6.04 Å². The number of anilines is 2. The first kappa shape index (κ1) is 24.3. The maximum absolute atomic E-state index is 13.2. The second-order valence-corrected chi connectivity index (χ2v) is 10.8. The highest BCUT2D eigenvalue weighted by molar-refractivity contribution is 7.14. The molecule has 2 amide bonds. The molecule has 5 rings (SSSR count). The van der Waals surface area contributed by atoms with Crippen LogP contribution in [0.1, 0.15) is 52.2 Å². The van der Waals surface area contributed by atoms with Gasteiger partial charge in [0.05, 0.1) is 29.9 Å². The first-order valence-corrected chi connectivity index (χ1v) is 13.3. The molecule has 1 atom stereocenters. The first-order valence-electron chi connectivity index (χ1n) is 12.5. The number of aromatic nitrogens is 3. The molecule has 0 aromatic carbocycles. The van der Waals surface area contributed by atoms with Crippen molar-refractivity contribution in [1.82, 2.24) is 20.1 Å². The largest absolute Gasteiger partial charge is 0.474 e. The van der Waals surface area contributed by atoms with Crippen LogP contribution in [0, 0.1) is 12.8 Å². The van der Waals surface area contributed by atoms with Crippen molar-refractivity contribution in [3.05, 3.63) is 52.1 Å². The van der Waals surface area contributed by atoms with Gasteiger partial charge in [-0.1, -0.05) is 25.7 Å². The van der Waals surface area contributed by atoms with Crippen molar-refractivity contribution in [3.63, 3.8) is 0 Å². The molecule has 4 heterocycles. The van der Waals surface area contributed by atoms with Gasteiger partial charge in [-0.05, 0) is 43.0 Å². The predicted octanol–water partition coefficient (Wildman–Crippen LogP) is 3.90. The zero-order chi connectivity index (χ0) is 25.1. The van der Waals surface area contributed by atoms with Gasteiger partial charge in [0.2, 0.25) is 11.8 Å². The molecular weight excluding hydrogens is 476 g/mol. The molecule has 0 radical (unpaired) electrons. The molecule has 190 valence electrons. The Labute approximate surface area is 214 Å². The topological polar surface area (TPSA) is 101 Å². The molecule has 0 bridgehead atoms. The molecule has 10 heteroatoms. The number of nitrogens with one attached hydrogen (secondary N) is 2. The van der Waals surface area contributed by atoms with E-state index in [1.165, 1.54) is 24.2 Å². The number of pyridine rings is 1. The number of nitrogens with zero attached hydrogens (tertiary/aromatic N) is 4. The van der Waals surface area contributed by atoms with E-state index in [1.54, 1.807) is 24.1 Å². The van der Waals surface area contributed by atoms with Crippen LogP contribution in [0.2, 0.25) is 0 Å². The Morgan fingerprint density at radius 3 is 2.86 bits per heavy atom. The van der Waals surface area contributed by atoms with E-state index in [-0.39, 0.29) is 11.8 Å². The number of hydrogen-bond acceptors (Lipinski definition) is 7. The van der Waals surface area contributed by atoms with Crippen molar-refractivity contribution in [2.24, 2.45) is 13.0 Å². The van der Waals surface area contributed by atoms with E-state index in [2.05, 4.69) is 31.7 Å². The van der Waals surface area contributed by atoms with Crippen LogP contribution in [-0.4, -0.2) is 45.8 Å². The number of carbonyl (C=O) groups excluding carboxylic acids is 2. The number of fused-ring (bicyclic) bond motifs is 1. The minimum atomic E-state index is -0.591. The summed E-state index contributed by atoms with van der Waals surface area (Å²) < 4.78 is 7.33. The number of ether oxygens (including phenoxy) is 1. The molecule has 1 aliphatic carbocycles. The second-order valence-electron chi connectivity index (χ2n) is 9.68. The third-order valence-electron chi connectivity index (χ3n) is 6.78. The van der Waals surface area contributed by atoms with Gasteiger partial charge in [0, 0.05) is 24.3 Å². The van der Waals surface area contributed by atoms with Crippen LogP contribution in [0.25, 0.3) is 0 Å². The Kier molecular flexibility index (Phi) is 7.22. The van der Waals surface area contributed by atoms with Crippen molar-refractivity contribution in [1.29, 1.82) is 0 Å². The summed E-state index contributed by atoms with van der Waals surface area (Å²) in [5.41, 5.74) is 2.68. The lowest BCUT2D eigenvalue weighted by Gasteiger charge is -2.30. The van der Waals surface area contributed by atoms with Gasteiger partial charge in [-0.25, -0.2) is 4.98 Å². The van der Waals surface area contributed by atoms with Gasteiger partial charge in [0.15, 0.2) is 0 Å². The van der Waals surface area contributed by atoms with Crippen LogP contribution in [0.5, 0.6) is 5.88 Å². The predicted molar refractivity (Wildman–Crippen MR) is 140 cm³/mol. The average Bonchev–Trinajstić information content (AvgIpc) is 3.62. The van der Waals surface area contributed by atoms with Gasteiger partial charge in [-0.15, -0.1) is 11.3 Å². The molecule has 1 unspecified atom stereocenters. The lowest BCUT2D eigenvalue weighted by Crippen LogP contribution is -2.44. The van der Waals surface area contributed by atoms with Gasteiger partial charge in [0.25, 0.3) is 5.91 Å². The van der Waals surface area contributed by atoms with Crippen LogP contribution in [-0.2, 0) is 18.4 Å². The van der Waals surface area contributed by atoms with Crippen molar-refractivity contribution in [2.45, 2.75) is 51.6 Å². The van der Waals surface area contributed by atoms with E-state index in [4.69, 9.17) is 4.74 Å². The standard InChI is InChI=1S/C26H32N6O3S/c1-17-11-22-26(27-13-17)35-10-9-32(22)16-20-7-8-23(36-20)25(34)30-21(12-18-5-3-4-6-18)24(33)29-19-14-28-31(2)15-19/h7-8,11,13-15,18,21H,3-6,9-10,12,16H2,1-2H3,(H,29,33)(H,30,34). The number of rotatable bonds is 8. The van der Waals surface area contributed by atoms with E-state index in [0.717, 1.165) is 35.5 Å². The second kappa shape index (κ2) is 10.7. The monoisotopic (exact) mass is 508 g/mol. The average molecular weight is 509 g/mol. The smallest absolute Gasteiger partial charge is 0.262 e. The van der Waals surface area contributed by atoms with E-state index in [1.807, 2.05) is 25.3 Å². The SMILES string of the molecule is Cc1cnc2c(c1)N(Cc1ccc(C(=O)NC(CC3CCCC3)C(=O)Nc3cnn(C)c3)s1)CCO2. The first-order chi connectivity index (χ1) is 17.4. The normalized spacial score (nSPS) is 16.3. The fraction of sp³-hybridized carbons (Fsp3) is 0.462. The van der Waals surface area contributed by atoms with Crippen LogP contribution in [0.3, 0.4) is 0 Å². The van der Waals surface area contributed by atoms with E-state index >= 15 is 0 Å². The van der Waals surface area contributed by atoms with Crippen molar-refractivity contribution in [3.8, 4) is 5.88 Å². The number of carbonyl (C=O) groups is 2. The molecule has 2 aliphatic rings. The summed E-state index contributed by atoms with van der Waals surface area (Å²) >= 11 is 1.46. The number of hydrogen-bond donors (Lipinski definition) is 2. The maximum Gasteiger partial charge on any atom is 0.262 e. The van der Waals surface area contributed by atoms with Crippen LogP contribution < -0.4 is 20.3 Å². The Balaban J connectivity index is 1.26. The highest BCUT2D eigenvalue weighted by atomic mass is 32.1. The molecule has 1 fully saturated rings. The minimum absolute atomic E-state index is 0.201.